The molecule has 0 amide bonds. The number of nitrogens with zero attached hydrogens (tertiary/aromatic N) is 5. The van der Waals surface area contributed by atoms with Crippen LogP contribution in [0.4, 0.5) is 5.69 Å². The van der Waals surface area contributed by atoms with E-state index in [1.807, 2.05) is 16.7 Å². The molecular formula is C31H37N5O2S. The zero-order valence-corrected chi connectivity index (χ0v) is 23.5. The van der Waals surface area contributed by atoms with Crippen molar-refractivity contribution >= 4 is 27.2 Å². The van der Waals surface area contributed by atoms with E-state index in [9.17, 15) is 4.79 Å². The van der Waals surface area contributed by atoms with Crippen LogP contribution in [0.5, 0.6) is 5.75 Å². The third kappa shape index (κ3) is 5.73. The van der Waals surface area contributed by atoms with Gasteiger partial charge in [-0.3, -0.25) is 19.2 Å². The number of ether oxygens (including phenoxy) is 1. The molecule has 0 unspecified atom stereocenters. The Morgan fingerprint density at radius 3 is 2.51 bits per heavy atom. The van der Waals surface area contributed by atoms with Crippen molar-refractivity contribution in [1.29, 1.82) is 0 Å². The summed E-state index contributed by atoms with van der Waals surface area (Å²) in [4.78, 5) is 27.8. The average Bonchev–Trinajstić information content (AvgIpc) is 3.36. The Bertz CT molecular complexity index is 1460. The molecule has 0 N–H and O–H groups in total. The Hall–Kier alpha value is -3.20. The van der Waals surface area contributed by atoms with Crippen molar-refractivity contribution in [2.45, 2.75) is 32.4 Å². The van der Waals surface area contributed by atoms with Crippen molar-refractivity contribution in [3.63, 3.8) is 0 Å². The highest BCUT2D eigenvalue weighted by Crippen LogP contribution is 2.32. The number of thiophene rings is 1. The van der Waals surface area contributed by atoms with E-state index in [1.54, 1.807) is 24.8 Å². The second kappa shape index (κ2) is 11.9. The summed E-state index contributed by atoms with van der Waals surface area (Å²) in [6.07, 6.45) is 4.96. The van der Waals surface area contributed by atoms with E-state index >= 15 is 0 Å². The van der Waals surface area contributed by atoms with Crippen molar-refractivity contribution in [3.8, 4) is 5.75 Å². The number of anilines is 1. The van der Waals surface area contributed by atoms with Crippen LogP contribution in [0.15, 0.2) is 65.7 Å². The zero-order chi connectivity index (χ0) is 26.6. The van der Waals surface area contributed by atoms with Crippen LogP contribution < -0.4 is 15.2 Å². The quantitative estimate of drug-likeness (QED) is 0.314. The van der Waals surface area contributed by atoms with Crippen LogP contribution >= 0.6 is 11.3 Å². The normalized spacial score (nSPS) is 16.5. The Morgan fingerprint density at radius 1 is 0.897 bits per heavy atom. The fourth-order valence-corrected chi connectivity index (χ4v) is 7.15. The lowest BCUT2D eigenvalue weighted by molar-refractivity contribution is 0.246. The van der Waals surface area contributed by atoms with Gasteiger partial charge in [0, 0.05) is 57.2 Å². The number of hydrogen-bond donors (Lipinski definition) is 0. The zero-order valence-electron chi connectivity index (χ0n) is 22.7. The number of para-hydroxylation sites is 2. The van der Waals surface area contributed by atoms with Crippen molar-refractivity contribution in [2.24, 2.45) is 0 Å². The molecule has 6 rings (SSSR count). The Morgan fingerprint density at radius 2 is 1.69 bits per heavy atom. The van der Waals surface area contributed by atoms with Crippen LogP contribution in [0.2, 0.25) is 0 Å². The van der Waals surface area contributed by atoms with E-state index in [4.69, 9.17) is 9.72 Å². The summed E-state index contributed by atoms with van der Waals surface area (Å²) in [5, 5.41) is 0.863. The predicted octanol–water partition coefficient (Wildman–Crippen LogP) is 4.28. The van der Waals surface area contributed by atoms with E-state index in [0.29, 0.717) is 6.54 Å². The first-order chi connectivity index (χ1) is 19.2. The summed E-state index contributed by atoms with van der Waals surface area (Å²) >= 11 is 1.71. The number of fused-ring (bicyclic) bond motifs is 3. The first-order valence-corrected chi connectivity index (χ1v) is 14.9. The van der Waals surface area contributed by atoms with Gasteiger partial charge in [-0.15, -0.1) is 11.3 Å². The lowest BCUT2D eigenvalue weighted by atomic mass is 10.0. The summed E-state index contributed by atoms with van der Waals surface area (Å²) in [5.41, 5.74) is 3.93. The molecule has 8 heteroatoms. The molecule has 0 spiro atoms. The summed E-state index contributed by atoms with van der Waals surface area (Å²) in [5.74, 6) is 0.922. The predicted molar refractivity (Wildman–Crippen MR) is 159 cm³/mol. The van der Waals surface area contributed by atoms with Crippen molar-refractivity contribution < 1.29 is 4.74 Å². The largest absolute Gasteiger partial charge is 0.495 e. The second-order valence-corrected chi connectivity index (χ2v) is 11.6. The molecule has 4 heterocycles. The van der Waals surface area contributed by atoms with Gasteiger partial charge in [0.1, 0.15) is 10.6 Å². The number of benzene rings is 2. The van der Waals surface area contributed by atoms with Gasteiger partial charge in [0.05, 0.1) is 24.5 Å². The van der Waals surface area contributed by atoms with E-state index in [-0.39, 0.29) is 5.56 Å². The average molecular weight is 544 g/mol. The standard InChI is InChI=1S/C31H37N5O2S/c1-38-27-12-6-5-11-26(27)35-19-16-33(17-20-35)18-21-36-23-32-30-29(31(36)37)25-13-15-34(22-28(25)39-30)14-7-10-24-8-3-2-4-9-24/h2-6,8-9,11-12,23H,7,10,13-22H2,1H3. The molecule has 0 bridgehead atoms. The summed E-state index contributed by atoms with van der Waals surface area (Å²) < 4.78 is 7.38. The van der Waals surface area contributed by atoms with E-state index in [2.05, 4.69) is 57.2 Å². The van der Waals surface area contributed by atoms with Gasteiger partial charge in [-0.25, -0.2) is 4.98 Å². The number of methoxy groups -OCH3 is 1. The van der Waals surface area contributed by atoms with Gasteiger partial charge in [0.25, 0.3) is 5.56 Å². The Labute approximate surface area is 234 Å². The molecule has 0 aliphatic carbocycles. The molecule has 0 atom stereocenters. The number of piperazine rings is 1. The van der Waals surface area contributed by atoms with Gasteiger partial charge in [-0.2, -0.15) is 0 Å². The maximum atomic E-state index is 13.5. The van der Waals surface area contributed by atoms with Crippen LogP contribution in [0.25, 0.3) is 10.2 Å². The highest BCUT2D eigenvalue weighted by atomic mass is 32.1. The van der Waals surface area contributed by atoms with Gasteiger partial charge in [-0.1, -0.05) is 42.5 Å². The van der Waals surface area contributed by atoms with E-state index < -0.39 is 0 Å². The van der Waals surface area contributed by atoms with Gasteiger partial charge in [0.2, 0.25) is 0 Å². The van der Waals surface area contributed by atoms with Crippen LogP contribution in [0.3, 0.4) is 0 Å². The molecule has 7 nitrogen and oxygen atoms in total. The molecule has 1 fully saturated rings. The van der Waals surface area contributed by atoms with Gasteiger partial charge < -0.3 is 9.64 Å². The molecule has 1 saturated heterocycles. The summed E-state index contributed by atoms with van der Waals surface area (Å²) in [6, 6.07) is 18.9. The molecule has 0 radical (unpaired) electrons. The highest BCUT2D eigenvalue weighted by Gasteiger charge is 2.24. The molecular weight excluding hydrogens is 506 g/mol. The van der Waals surface area contributed by atoms with Gasteiger partial charge >= 0.3 is 0 Å². The third-order valence-electron chi connectivity index (χ3n) is 8.14. The maximum Gasteiger partial charge on any atom is 0.262 e. The third-order valence-corrected chi connectivity index (χ3v) is 9.27. The number of aryl methyl sites for hydroxylation is 1. The number of rotatable bonds is 9. The molecule has 204 valence electrons. The lowest BCUT2D eigenvalue weighted by Gasteiger charge is -2.36. The van der Waals surface area contributed by atoms with Gasteiger partial charge in [0.15, 0.2) is 0 Å². The number of hydrogen-bond acceptors (Lipinski definition) is 7. The second-order valence-electron chi connectivity index (χ2n) is 10.5. The van der Waals surface area contributed by atoms with Crippen LogP contribution in [-0.2, 0) is 25.9 Å². The summed E-state index contributed by atoms with van der Waals surface area (Å²) in [6.45, 7) is 8.40. The smallest absolute Gasteiger partial charge is 0.262 e. The van der Waals surface area contributed by atoms with Crippen LogP contribution in [0, 0.1) is 0 Å². The summed E-state index contributed by atoms with van der Waals surface area (Å²) in [7, 11) is 1.73. The van der Waals surface area contributed by atoms with Crippen LogP contribution in [0.1, 0.15) is 22.4 Å². The van der Waals surface area contributed by atoms with E-state index in [1.165, 1.54) is 16.0 Å². The minimum Gasteiger partial charge on any atom is -0.495 e. The van der Waals surface area contributed by atoms with Crippen molar-refractivity contribution in [1.82, 2.24) is 19.4 Å². The minimum absolute atomic E-state index is 0.127. The first-order valence-electron chi connectivity index (χ1n) is 14.1. The Balaban J connectivity index is 1.05. The molecule has 2 aromatic carbocycles. The Kier molecular flexibility index (Phi) is 7.95. The molecule has 0 saturated carbocycles. The highest BCUT2D eigenvalue weighted by molar-refractivity contribution is 7.18. The number of aromatic nitrogens is 2. The van der Waals surface area contributed by atoms with E-state index in [0.717, 1.165) is 93.3 Å². The molecule has 2 aromatic heterocycles. The lowest BCUT2D eigenvalue weighted by Crippen LogP contribution is -2.47. The topological polar surface area (TPSA) is 53.8 Å². The fraction of sp³-hybridized carbons (Fsp3) is 0.419. The van der Waals surface area contributed by atoms with Crippen molar-refractivity contribution in [2.75, 3.05) is 57.8 Å². The molecule has 2 aliphatic heterocycles. The van der Waals surface area contributed by atoms with Gasteiger partial charge in [-0.05, 0) is 49.1 Å². The molecule has 2 aliphatic rings. The van der Waals surface area contributed by atoms with Crippen molar-refractivity contribution in [3.05, 3.63) is 87.3 Å². The monoisotopic (exact) mass is 543 g/mol. The first kappa shape index (κ1) is 26.0. The maximum absolute atomic E-state index is 13.5. The van der Waals surface area contributed by atoms with Crippen LogP contribution in [-0.4, -0.2) is 72.3 Å². The fourth-order valence-electron chi connectivity index (χ4n) is 5.93. The molecule has 39 heavy (non-hydrogen) atoms. The molecule has 4 aromatic rings. The minimum atomic E-state index is 0.127. The SMILES string of the molecule is COc1ccccc1N1CCN(CCn2cnc3sc4c(c3c2=O)CCN(CCCc2ccccc2)C4)CC1.